The average molecular weight is 227 g/mol. The van der Waals surface area contributed by atoms with Crippen LogP contribution in [0.4, 0.5) is 0 Å². The van der Waals surface area contributed by atoms with E-state index in [-0.39, 0.29) is 0 Å². The lowest BCUT2D eigenvalue weighted by atomic mass is 11.0. The molecule has 11 heavy (non-hydrogen) atoms. The fourth-order valence-corrected chi connectivity index (χ4v) is 7.71. The van der Waals surface area contributed by atoms with Crippen molar-refractivity contribution >= 4 is 39.5 Å². The number of hydrogen-bond acceptors (Lipinski definition) is 3. The second kappa shape index (κ2) is 8.84. The fraction of sp³-hybridized carbons (Fsp3) is 1.00. The smallest absolute Gasteiger partial charge is 0.284 e. The highest BCUT2D eigenvalue weighted by atomic mass is 28.4. The molecular weight excluding hydrogens is 208 g/mol. The molecule has 0 unspecified atom stereocenters. The monoisotopic (exact) mass is 226 g/mol. The van der Waals surface area contributed by atoms with Gasteiger partial charge in [0, 0.05) is 0 Å². The van der Waals surface area contributed by atoms with Crippen molar-refractivity contribution < 1.29 is 12.3 Å². The zero-order chi connectivity index (χ0) is 8.53. The van der Waals surface area contributed by atoms with Crippen LogP contribution in [0.15, 0.2) is 0 Å². The summed E-state index contributed by atoms with van der Waals surface area (Å²) >= 11 is 0. The Kier molecular flexibility index (Phi) is 9.44. The molecule has 0 aliphatic rings. The van der Waals surface area contributed by atoms with Crippen LogP contribution in [-0.2, 0) is 12.3 Å². The Hall–Kier alpha value is 0.748. The van der Waals surface area contributed by atoms with E-state index in [1.165, 1.54) is 12.1 Å². The third-order valence-electron chi connectivity index (χ3n) is 1.50. The van der Waals surface area contributed by atoms with Crippen LogP contribution in [0.5, 0.6) is 0 Å². The van der Waals surface area contributed by atoms with Gasteiger partial charge in [-0.25, -0.2) is 0 Å². The summed E-state index contributed by atoms with van der Waals surface area (Å²) in [4.78, 5) is 0. The van der Waals surface area contributed by atoms with Crippen molar-refractivity contribution in [2.75, 3.05) is 0 Å². The Morgan fingerprint density at radius 2 is 1.91 bits per heavy atom. The van der Waals surface area contributed by atoms with Crippen LogP contribution in [0.2, 0.25) is 12.1 Å². The van der Waals surface area contributed by atoms with Gasteiger partial charge in [0.2, 0.25) is 0 Å². The van der Waals surface area contributed by atoms with Gasteiger partial charge in [-0.1, -0.05) is 13.8 Å². The van der Waals surface area contributed by atoms with Crippen molar-refractivity contribution in [2.45, 2.75) is 25.9 Å². The van der Waals surface area contributed by atoms with Crippen molar-refractivity contribution in [1.82, 2.24) is 0 Å². The maximum Gasteiger partial charge on any atom is 0.284 e. The molecule has 0 heterocycles. The van der Waals surface area contributed by atoms with Crippen LogP contribution >= 0.6 is 0 Å². The molecule has 0 radical (unpaired) electrons. The summed E-state index contributed by atoms with van der Waals surface area (Å²) in [5.41, 5.74) is 0. The normalized spacial score (nSPS) is 13.4. The van der Waals surface area contributed by atoms with Crippen LogP contribution < -0.4 is 0 Å². The van der Waals surface area contributed by atoms with Gasteiger partial charge in [-0.2, -0.15) is 0 Å². The van der Waals surface area contributed by atoms with Crippen molar-refractivity contribution in [2.24, 2.45) is 0 Å². The Morgan fingerprint density at radius 1 is 1.27 bits per heavy atom. The minimum absolute atomic E-state index is 0.616. The molecule has 0 saturated heterocycles. The second-order valence-corrected chi connectivity index (χ2v) is 11.0. The summed E-state index contributed by atoms with van der Waals surface area (Å²) in [5, 5.41) is 0. The fourth-order valence-electron chi connectivity index (χ4n) is 0.786. The third kappa shape index (κ3) is 7.12. The van der Waals surface area contributed by atoms with E-state index >= 15 is 0 Å². The van der Waals surface area contributed by atoms with Gasteiger partial charge >= 0.3 is 0 Å². The van der Waals surface area contributed by atoms with Gasteiger partial charge in [-0.15, -0.1) is 0 Å². The van der Waals surface area contributed by atoms with E-state index in [9.17, 15) is 0 Å². The van der Waals surface area contributed by atoms with Crippen LogP contribution in [0, 0.1) is 0 Å². The van der Waals surface area contributed by atoms with E-state index in [1.807, 2.05) is 0 Å². The summed E-state index contributed by atoms with van der Waals surface area (Å²) in [6.07, 6.45) is 0. The van der Waals surface area contributed by atoms with E-state index in [2.05, 4.69) is 13.8 Å². The average Bonchev–Trinajstić information content (AvgIpc) is 2.05. The van der Waals surface area contributed by atoms with Crippen LogP contribution in [0.3, 0.4) is 0 Å². The summed E-state index contributed by atoms with van der Waals surface area (Å²) in [6, 6.07) is 2.46. The van der Waals surface area contributed by atoms with Crippen molar-refractivity contribution in [1.29, 1.82) is 0 Å². The molecule has 0 saturated carbocycles. The topological polar surface area (TPSA) is 27.7 Å². The van der Waals surface area contributed by atoms with Gasteiger partial charge in [0.25, 0.3) is 20.0 Å². The SMILES string of the molecule is CC[SiH](CC)O[SiH2]O[SiH2]O[SiH3]. The maximum absolute atomic E-state index is 5.67. The Bertz CT molecular complexity index is 79.7. The molecule has 0 rings (SSSR count). The summed E-state index contributed by atoms with van der Waals surface area (Å²) in [7, 11) is -1.27. The molecule has 0 fully saturated rings. The molecule has 0 aliphatic carbocycles. The van der Waals surface area contributed by atoms with Crippen LogP contribution in [0.1, 0.15) is 13.8 Å². The molecule has 0 aromatic heterocycles. The molecule has 0 aromatic rings. The number of rotatable bonds is 7. The molecule has 0 atom stereocenters. The molecule has 0 spiro atoms. The molecule has 0 amide bonds. The minimum Gasteiger partial charge on any atom is -0.449 e. The second-order valence-electron chi connectivity index (χ2n) is 2.33. The summed E-state index contributed by atoms with van der Waals surface area (Å²) < 4.78 is 16.0. The van der Waals surface area contributed by atoms with Gasteiger partial charge in [-0.05, 0) is 12.1 Å². The molecule has 0 N–H and O–H groups in total. The van der Waals surface area contributed by atoms with Gasteiger partial charge in [0.1, 0.15) is 10.5 Å². The first-order valence-corrected chi connectivity index (χ1v) is 9.26. The third-order valence-corrected chi connectivity index (χ3v) is 8.03. The van der Waals surface area contributed by atoms with E-state index in [0.717, 1.165) is 10.5 Å². The lowest BCUT2D eigenvalue weighted by Crippen LogP contribution is -2.21. The zero-order valence-electron chi connectivity index (χ0n) is 7.63. The minimum atomic E-state index is -0.820. The largest absolute Gasteiger partial charge is 0.449 e. The Balaban J connectivity index is 3.07. The standard InChI is InChI=1S/C4H18O3Si4/c1-3-11(4-2)7-10-6-9-5-8/h11H,3-4,9-10H2,1-2,8H3. The molecule has 68 valence electrons. The van der Waals surface area contributed by atoms with Gasteiger partial charge in [-0.3, -0.25) is 0 Å². The Labute approximate surface area is 78.2 Å². The highest BCUT2D eigenvalue weighted by Gasteiger charge is 2.04. The van der Waals surface area contributed by atoms with Crippen molar-refractivity contribution in [3.05, 3.63) is 0 Å². The van der Waals surface area contributed by atoms with Gasteiger partial charge in [0.15, 0.2) is 9.04 Å². The van der Waals surface area contributed by atoms with E-state index in [1.54, 1.807) is 0 Å². The maximum atomic E-state index is 5.67. The highest BCUT2D eigenvalue weighted by molar-refractivity contribution is 6.58. The quantitative estimate of drug-likeness (QED) is 0.374. The number of hydrogen-bond donors (Lipinski definition) is 0. The molecular formula is C4H18O3Si4. The molecule has 0 aliphatic heterocycles. The van der Waals surface area contributed by atoms with Gasteiger partial charge in [0.05, 0.1) is 0 Å². The lowest BCUT2D eigenvalue weighted by molar-refractivity contribution is 0.431. The van der Waals surface area contributed by atoms with Gasteiger partial charge < -0.3 is 12.3 Å². The zero-order valence-corrected chi connectivity index (χ0v) is 13.6. The molecule has 0 aromatic carbocycles. The van der Waals surface area contributed by atoms with E-state index in [0.29, 0.717) is 0 Å². The van der Waals surface area contributed by atoms with E-state index in [4.69, 9.17) is 12.3 Å². The predicted octanol–water partition coefficient (Wildman–Crippen LogP) is -1.92. The van der Waals surface area contributed by atoms with E-state index < -0.39 is 29.1 Å². The van der Waals surface area contributed by atoms with Crippen molar-refractivity contribution in [3.63, 3.8) is 0 Å². The summed E-state index contributed by atoms with van der Waals surface area (Å²) in [5.74, 6) is 0. The first-order chi connectivity index (χ1) is 5.35. The summed E-state index contributed by atoms with van der Waals surface area (Å²) in [6.45, 7) is 4.41. The molecule has 3 nitrogen and oxygen atoms in total. The predicted molar refractivity (Wildman–Crippen MR) is 58.4 cm³/mol. The van der Waals surface area contributed by atoms with Crippen LogP contribution in [0.25, 0.3) is 0 Å². The van der Waals surface area contributed by atoms with Crippen LogP contribution in [-0.4, -0.2) is 39.5 Å². The molecule has 7 heteroatoms. The molecule has 0 bridgehead atoms. The first kappa shape index (κ1) is 11.7. The van der Waals surface area contributed by atoms with Crippen molar-refractivity contribution in [3.8, 4) is 0 Å². The lowest BCUT2D eigenvalue weighted by Gasteiger charge is -2.11. The highest BCUT2D eigenvalue weighted by Crippen LogP contribution is 1.98. The first-order valence-electron chi connectivity index (χ1n) is 4.03. The Morgan fingerprint density at radius 3 is 2.36 bits per heavy atom.